The van der Waals surface area contributed by atoms with Crippen LogP contribution in [0.3, 0.4) is 0 Å². The number of sulfonamides is 1. The fraction of sp³-hybridized carbons (Fsp3) is 0.684. The molecule has 0 amide bonds. The lowest BCUT2D eigenvalue weighted by Gasteiger charge is -2.36. The minimum absolute atomic E-state index is 0.274. The molecule has 0 saturated carbocycles. The topological polar surface area (TPSA) is 68.3 Å². The minimum atomic E-state index is -3.52. The van der Waals surface area contributed by atoms with E-state index in [1.165, 1.54) is 6.42 Å². The molecule has 0 aliphatic carbocycles. The largest absolute Gasteiger partial charge is 0.490 e. The highest BCUT2D eigenvalue weighted by Crippen LogP contribution is 2.33. The number of rotatable bonds is 4. The summed E-state index contributed by atoms with van der Waals surface area (Å²) in [5, 5.41) is 0. The lowest BCUT2D eigenvalue weighted by atomic mass is 10.1. The van der Waals surface area contributed by atoms with E-state index < -0.39 is 10.0 Å². The van der Waals surface area contributed by atoms with Crippen LogP contribution in [0.25, 0.3) is 0 Å². The number of nitrogens with zero attached hydrogens (tertiary/aromatic N) is 2. The first-order valence-electron chi connectivity index (χ1n) is 9.87. The monoisotopic (exact) mass is 396 g/mol. The maximum atomic E-state index is 13.0. The quantitative estimate of drug-likeness (QED) is 0.772. The SMILES string of the molecule is O=S(=O)(c1ccc2c(c1)OCCCO2)N1CCN(C[C@@H]2CCCCO2)CC1. The van der Waals surface area contributed by atoms with Crippen LogP contribution in [0.1, 0.15) is 25.7 Å². The van der Waals surface area contributed by atoms with Crippen molar-refractivity contribution in [2.45, 2.75) is 36.7 Å². The first-order chi connectivity index (χ1) is 13.1. The van der Waals surface area contributed by atoms with Gasteiger partial charge in [0.2, 0.25) is 10.0 Å². The van der Waals surface area contributed by atoms with Gasteiger partial charge in [-0.3, -0.25) is 4.90 Å². The van der Waals surface area contributed by atoms with E-state index in [0.717, 1.165) is 45.5 Å². The van der Waals surface area contributed by atoms with E-state index in [9.17, 15) is 8.42 Å². The van der Waals surface area contributed by atoms with Crippen molar-refractivity contribution < 1.29 is 22.6 Å². The van der Waals surface area contributed by atoms with Crippen molar-refractivity contribution in [3.63, 3.8) is 0 Å². The van der Waals surface area contributed by atoms with Gasteiger partial charge in [-0.2, -0.15) is 4.31 Å². The first kappa shape index (κ1) is 19.0. The number of ether oxygens (including phenoxy) is 3. The van der Waals surface area contributed by atoms with E-state index >= 15 is 0 Å². The summed E-state index contributed by atoms with van der Waals surface area (Å²) in [6, 6.07) is 4.91. The Morgan fingerprint density at radius 2 is 1.70 bits per heavy atom. The zero-order valence-electron chi connectivity index (χ0n) is 15.6. The third kappa shape index (κ3) is 4.39. The highest BCUT2D eigenvalue weighted by Gasteiger charge is 2.30. The van der Waals surface area contributed by atoms with E-state index in [1.54, 1.807) is 22.5 Å². The number of fused-ring (bicyclic) bond motifs is 1. The average Bonchev–Trinajstić information content (AvgIpc) is 2.94. The maximum Gasteiger partial charge on any atom is 0.243 e. The van der Waals surface area contributed by atoms with Crippen LogP contribution in [0, 0.1) is 0 Å². The molecule has 2 saturated heterocycles. The molecule has 0 radical (unpaired) electrons. The Balaban J connectivity index is 1.39. The molecular formula is C19H28N2O5S. The summed E-state index contributed by atoms with van der Waals surface area (Å²) in [5.74, 6) is 1.13. The minimum Gasteiger partial charge on any atom is -0.490 e. The summed E-state index contributed by atoms with van der Waals surface area (Å²) in [6.07, 6.45) is 4.57. The highest BCUT2D eigenvalue weighted by atomic mass is 32.2. The van der Waals surface area contributed by atoms with Gasteiger partial charge in [0.15, 0.2) is 11.5 Å². The number of piperazine rings is 1. The van der Waals surface area contributed by atoms with E-state index in [0.29, 0.717) is 43.9 Å². The first-order valence-corrected chi connectivity index (χ1v) is 11.3. The summed E-state index contributed by atoms with van der Waals surface area (Å²) in [5.41, 5.74) is 0. The summed E-state index contributed by atoms with van der Waals surface area (Å²) in [6.45, 7) is 5.37. The Bertz CT molecular complexity index is 740. The van der Waals surface area contributed by atoms with Crippen molar-refractivity contribution in [3.05, 3.63) is 18.2 Å². The summed E-state index contributed by atoms with van der Waals surface area (Å²) in [4.78, 5) is 2.59. The van der Waals surface area contributed by atoms with Gasteiger partial charge >= 0.3 is 0 Å². The number of benzene rings is 1. The van der Waals surface area contributed by atoms with Crippen molar-refractivity contribution in [3.8, 4) is 11.5 Å². The van der Waals surface area contributed by atoms with Gasteiger partial charge in [-0.05, 0) is 31.4 Å². The van der Waals surface area contributed by atoms with Gasteiger partial charge in [0.05, 0.1) is 24.2 Å². The van der Waals surface area contributed by atoms with Gasteiger partial charge in [0.1, 0.15) is 0 Å². The van der Waals surface area contributed by atoms with E-state index in [4.69, 9.17) is 14.2 Å². The van der Waals surface area contributed by atoms with Crippen LogP contribution in [0.4, 0.5) is 0 Å². The van der Waals surface area contributed by atoms with Crippen LogP contribution in [0.15, 0.2) is 23.1 Å². The third-order valence-corrected chi connectivity index (χ3v) is 7.32. The van der Waals surface area contributed by atoms with Crippen LogP contribution in [0.5, 0.6) is 11.5 Å². The maximum absolute atomic E-state index is 13.0. The van der Waals surface area contributed by atoms with E-state index in [1.807, 2.05) is 0 Å². The van der Waals surface area contributed by atoms with Crippen molar-refractivity contribution in [2.24, 2.45) is 0 Å². The molecule has 0 N–H and O–H groups in total. The van der Waals surface area contributed by atoms with Gasteiger partial charge in [-0.25, -0.2) is 8.42 Å². The van der Waals surface area contributed by atoms with Gasteiger partial charge in [0, 0.05) is 51.8 Å². The Labute approximate surface area is 161 Å². The zero-order valence-corrected chi connectivity index (χ0v) is 16.5. The van der Waals surface area contributed by atoms with Crippen LogP contribution in [0.2, 0.25) is 0 Å². The van der Waals surface area contributed by atoms with Crippen LogP contribution in [-0.4, -0.2) is 76.3 Å². The Kier molecular flexibility index (Phi) is 5.87. The molecule has 1 atom stereocenters. The molecule has 1 aromatic carbocycles. The highest BCUT2D eigenvalue weighted by molar-refractivity contribution is 7.89. The molecule has 2 fully saturated rings. The Morgan fingerprint density at radius 3 is 2.44 bits per heavy atom. The normalized spacial score (nSPS) is 25.1. The van der Waals surface area contributed by atoms with Crippen LogP contribution in [-0.2, 0) is 14.8 Å². The number of hydrogen-bond donors (Lipinski definition) is 0. The lowest BCUT2D eigenvalue weighted by Crippen LogP contribution is -2.50. The smallest absolute Gasteiger partial charge is 0.243 e. The zero-order chi connectivity index (χ0) is 18.7. The fourth-order valence-corrected chi connectivity index (χ4v) is 5.28. The second-order valence-corrected chi connectivity index (χ2v) is 9.29. The second kappa shape index (κ2) is 8.34. The fourth-order valence-electron chi connectivity index (χ4n) is 3.84. The molecule has 3 aliphatic rings. The van der Waals surface area contributed by atoms with Gasteiger partial charge in [0.25, 0.3) is 0 Å². The molecule has 0 aromatic heterocycles. The molecule has 0 spiro atoms. The van der Waals surface area contributed by atoms with Crippen molar-refractivity contribution in [1.29, 1.82) is 0 Å². The summed E-state index contributed by atoms with van der Waals surface area (Å²) in [7, 11) is -3.52. The van der Waals surface area contributed by atoms with Gasteiger partial charge in [-0.15, -0.1) is 0 Å². The molecule has 1 aromatic rings. The molecule has 8 heteroatoms. The van der Waals surface area contributed by atoms with Gasteiger partial charge in [-0.1, -0.05) is 0 Å². The standard InChI is InChI=1S/C19H28N2O5S/c22-27(23,17-5-6-18-19(14-17)26-13-3-12-25-18)21-9-7-20(8-10-21)15-16-4-1-2-11-24-16/h5-6,14,16H,1-4,7-13,15H2/t16-/m0/s1. The Hall–Kier alpha value is -1.35. The molecule has 0 unspecified atom stereocenters. The second-order valence-electron chi connectivity index (χ2n) is 7.35. The molecule has 0 bridgehead atoms. The predicted octanol–water partition coefficient (Wildman–Crippen LogP) is 1.72. The molecule has 4 rings (SSSR count). The van der Waals surface area contributed by atoms with Gasteiger partial charge < -0.3 is 14.2 Å². The predicted molar refractivity (Wildman–Crippen MR) is 101 cm³/mol. The van der Waals surface area contributed by atoms with Crippen molar-refractivity contribution >= 4 is 10.0 Å². The Morgan fingerprint density at radius 1 is 0.926 bits per heavy atom. The molecular weight excluding hydrogens is 368 g/mol. The summed E-state index contributed by atoms with van der Waals surface area (Å²) < 4.78 is 44.7. The van der Waals surface area contributed by atoms with E-state index in [2.05, 4.69) is 4.90 Å². The number of hydrogen-bond acceptors (Lipinski definition) is 6. The van der Waals surface area contributed by atoms with E-state index in [-0.39, 0.29) is 4.90 Å². The third-order valence-electron chi connectivity index (χ3n) is 5.42. The average molecular weight is 397 g/mol. The molecule has 3 heterocycles. The molecule has 3 aliphatic heterocycles. The molecule has 150 valence electrons. The lowest BCUT2D eigenvalue weighted by molar-refractivity contribution is -0.0103. The van der Waals surface area contributed by atoms with Crippen molar-refractivity contribution in [2.75, 3.05) is 52.5 Å². The molecule has 27 heavy (non-hydrogen) atoms. The van der Waals surface area contributed by atoms with Crippen molar-refractivity contribution in [1.82, 2.24) is 9.21 Å². The summed E-state index contributed by atoms with van der Waals surface area (Å²) >= 11 is 0. The van der Waals surface area contributed by atoms with Crippen LogP contribution < -0.4 is 9.47 Å². The van der Waals surface area contributed by atoms with Crippen LogP contribution >= 0.6 is 0 Å². The molecule has 7 nitrogen and oxygen atoms in total.